The molecule has 1 aromatic carbocycles. The van der Waals surface area contributed by atoms with Gasteiger partial charge in [0, 0.05) is 19.7 Å². The highest BCUT2D eigenvalue weighted by Crippen LogP contribution is 2.12. The second-order valence-electron chi connectivity index (χ2n) is 3.68. The number of benzene rings is 1. The zero-order valence-electron chi connectivity index (χ0n) is 9.15. The van der Waals surface area contributed by atoms with E-state index in [4.69, 9.17) is 0 Å². The summed E-state index contributed by atoms with van der Waals surface area (Å²) in [6, 6.07) is 4.61. The highest BCUT2D eigenvalue weighted by Gasteiger charge is 2.13. The molecular weight excluding hydrogens is 226 g/mol. The number of rotatable bonds is 3. The molecular formula is C12H10F2N2O. The fourth-order valence-corrected chi connectivity index (χ4v) is 1.59. The van der Waals surface area contributed by atoms with Crippen molar-refractivity contribution in [2.75, 3.05) is 0 Å². The molecule has 3 nitrogen and oxygen atoms in total. The van der Waals surface area contributed by atoms with Crippen molar-refractivity contribution in [3.8, 4) is 0 Å². The quantitative estimate of drug-likeness (QED) is 0.765. The van der Waals surface area contributed by atoms with Crippen molar-refractivity contribution in [2.24, 2.45) is 7.05 Å². The minimum Gasteiger partial charge on any atom is -0.292 e. The first-order valence-corrected chi connectivity index (χ1v) is 5.03. The Morgan fingerprint density at radius 2 is 2.12 bits per heavy atom. The van der Waals surface area contributed by atoms with Crippen molar-refractivity contribution in [1.82, 2.24) is 9.78 Å². The van der Waals surface area contributed by atoms with E-state index in [0.717, 1.165) is 18.2 Å². The summed E-state index contributed by atoms with van der Waals surface area (Å²) in [6.07, 6.45) is 1.30. The van der Waals surface area contributed by atoms with Gasteiger partial charge in [0.05, 0.1) is 0 Å². The van der Waals surface area contributed by atoms with Crippen LogP contribution in [0.25, 0.3) is 0 Å². The van der Waals surface area contributed by atoms with Crippen molar-refractivity contribution in [3.63, 3.8) is 0 Å². The lowest BCUT2D eigenvalue weighted by atomic mass is 10.1. The van der Waals surface area contributed by atoms with Gasteiger partial charge in [-0.3, -0.25) is 9.48 Å². The van der Waals surface area contributed by atoms with Gasteiger partial charge in [-0.05, 0) is 29.8 Å². The number of carbonyl (C=O) groups is 1. The minimum absolute atomic E-state index is 0.0520. The predicted octanol–water partition coefficient (Wildman–Crippen LogP) is 2.12. The number of aromatic nitrogens is 2. The van der Waals surface area contributed by atoms with Gasteiger partial charge in [0.1, 0.15) is 17.3 Å². The smallest absolute Gasteiger partial charge is 0.185 e. The van der Waals surface area contributed by atoms with Gasteiger partial charge in [-0.25, -0.2) is 8.78 Å². The van der Waals surface area contributed by atoms with E-state index in [1.165, 1.54) is 10.9 Å². The number of nitrogens with zero attached hydrogens (tertiary/aromatic N) is 2. The second kappa shape index (κ2) is 4.45. The molecule has 1 heterocycles. The van der Waals surface area contributed by atoms with Crippen LogP contribution in [0, 0.1) is 11.6 Å². The van der Waals surface area contributed by atoms with E-state index in [2.05, 4.69) is 5.10 Å². The van der Waals surface area contributed by atoms with Crippen LogP contribution in [0.15, 0.2) is 30.5 Å². The van der Waals surface area contributed by atoms with Crippen molar-refractivity contribution >= 4 is 5.78 Å². The number of hydrogen-bond acceptors (Lipinski definition) is 2. The van der Waals surface area contributed by atoms with Gasteiger partial charge < -0.3 is 0 Å². The molecule has 88 valence electrons. The third-order valence-corrected chi connectivity index (χ3v) is 2.47. The molecule has 0 N–H and O–H groups in total. The highest BCUT2D eigenvalue weighted by molar-refractivity contribution is 5.95. The standard InChI is InChI=1S/C12H10F2N2O/c1-16-11(4-5-15-16)12(17)7-8-6-9(13)2-3-10(8)14/h2-6H,7H2,1H3. The van der Waals surface area contributed by atoms with Crippen molar-refractivity contribution in [1.29, 1.82) is 0 Å². The van der Waals surface area contributed by atoms with Crippen molar-refractivity contribution in [2.45, 2.75) is 6.42 Å². The van der Waals surface area contributed by atoms with E-state index >= 15 is 0 Å². The van der Waals surface area contributed by atoms with Gasteiger partial charge in [0.25, 0.3) is 0 Å². The Bertz CT molecular complexity index is 563. The first kappa shape index (κ1) is 11.4. The van der Waals surface area contributed by atoms with Gasteiger partial charge in [-0.1, -0.05) is 0 Å². The molecule has 0 saturated carbocycles. The average molecular weight is 236 g/mol. The summed E-state index contributed by atoms with van der Waals surface area (Å²) in [5.41, 5.74) is 0.421. The summed E-state index contributed by atoms with van der Waals surface area (Å²) in [4.78, 5) is 11.8. The summed E-state index contributed by atoms with van der Waals surface area (Å²) in [5, 5.41) is 3.85. The summed E-state index contributed by atoms with van der Waals surface area (Å²) in [6.45, 7) is 0. The fraction of sp³-hybridized carbons (Fsp3) is 0.167. The maximum atomic E-state index is 13.3. The van der Waals surface area contributed by atoms with Crippen LogP contribution in [0.5, 0.6) is 0 Å². The van der Waals surface area contributed by atoms with Crippen LogP contribution >= 0.6 is 0 Å². The van der Waals surface area contributed by atoms with Crippen LogP contribution in [0.4, 0.5) is 8.78 Å². The molecule has 2 aromatic rings. The van der Waals surface area contributed by atoms with E-state index < -0.39 is 11.6 Å². The van der Waals surface area contributed by atoms with Crippen molar-refractivity contribution < 1.29 is 13.6 Å². The molecule has 0 bridgehead atoms. The third kappa shape index (κ3) is 2.38. The normalized spacial score (nSPS) is 10.5. The summed E-state index contributed by atoms with van der Waals surface area (Å²) < 4.78 is 27.7. The summed E-state index contributed by atoms with van der Waals surface area (Å²) in [7, 11) is 1.62. The molecule has 0 atom stereocenters. The zero-order chi connectivity index (χ0) is 12.4. The number of halogens is 2. The SMILES string of the molecule is Cn1nccc1C(=O)Cc1cc(F)ccc1F. The number of carbonyl (C=O) groups excluding carboxylic acids is 1. The molecule has 0 radical (unpaired) electrons. The number of hydrogen-bond donors (Lipinski definition) is 0. The van der Waals surface area contributed by atoms with E-state index in [1.54, 1.807) is 13.1 Å². The molecule has 1 aromatic heterocycles. The van der Waals surface area contributed by atoms with E-state index in [-0.39, 0.29) is 17.8 Å². The maximum absolute atomic E-state index is 13.3. The van der Waals surface area contributed by atoms with E-state index in [1.807, 2.05) is 0 Å². The maximum Gasteiger partial charge on any atom is 0.185 e. The fourth-order valence-electron chi connectivity index (χ4n) is 1.59. The molecule has 2 rings (SSSR count). The molecule has 17 heavy (non-hydrogen) atoms. The average Bonchev–Trinajstić information content (AvgIpc) is 2.70. The Hall–Kier alpha value is -2.04. The Morgan fingerprint density at radius 1 is 1.35 bits per heavy atom. The lowest BCUT2D eigenvalue weighted by molar-refractivity contribution is 0.0983. The monoisotopic (exact) mass is 236 g/mol. The number of Topliss-reactive ketones (excluding diaryl/α,β-unsaturated/α-hetero) is 1. The number of ketones is 1. The van der Waals surface area contributed by atoms with Crippen LogP contribution in [-0.2, 0) is 13.5 Å². The molecule has 0 fully saturated rings. The van der Waals surface area contributed by atoms with Crippen LogP contribution in [0.3, 0.4) is 0 Å². The third-order valence-electron chi connectivity index (χ3n) is 2.47. The minimum atomic E-state index is -0.582. The molecule has 0 unspecified atom stereocenters. The Kier molecular flexibility index (Phi) is 2.99. The largest absolute Gasteiger partial charge is 0.292 e. The summed E-state index contributed by atoms with van der Waals surface area (Å²) in [5.74, 6) is -1.43. The van der Waals surface area contributed by atoms with Gasteiger partial charge in [0.2, 0.25) is 0 Å². The van der Waals surface area contributed by atoms with Gasteiger partial charge >= 0.3 is 0 Å². The molecule has 0 saturated heterocycles. The lowest BCUT2D eigenvalue weighted by Gasteiger charge is -2.03. The van der Waals surface area contributed by atoms with Crippen LogP contribution < -0.4 is 0 Å². The van der Waals surface area contributed by atoms with Crippen LogP contribution in [-0.4, -0.2) is 15.6 Å². The molecule has 0 spiro atoms. The van der Waals surface area contributed by atoms with Crippen LogP contribution in [0.2, 0.25) is 0 Å². The predicted molar refractivity (Wildman–Crippen MR) is 57.6 cm³/mol. The van der Waals surface area contributed by atoms with E-state index in [0.29, 0.717) is 5.69 Å². The lowest BCUT2D eigenvalue weighted by Crippen LogP contribution is -2.10. The molecule has 0 aliphatic carbocycles. The molecule has 0 aliphatic rings. The zero-order valence-corrected chi connectivity index (χ0v) is 9.15. The topological polar surface area (TPSA) is 34.9 Å². The first-order chi connectivity index (χ1) is 8.08. The highest BCUT2D eigenvalue weighted by atomic mass is 19.1. The summed E-state index contributed by atoms with van der Waals surface area (Å²) >= 11 is 0. The van der Waals surface area contributed by atoms with E-state index in [9.17, 15) is 13.6 Å². The molecule has 0 amide bonds. The van der Waals surface area contributed by atoms with Crippen molar-refractivity contribution in [3.05, 3.63) is 53.4 Å². The number of aryl methyl sites for hydroxylation is 1. The van der Waals surface area contributed by atoms with Gasteiger partial charge in [-0.2, -0.15) is 5.10 Å². The van der Waals surface area contributed by atoms with Gasteiger partial charge in [-0.15, -0.1) is 0 Å². The van der Waals surface area contributed by atoms with Crippen LogP contribution in [0.1, 0.15) is 16.1 Å². The Morgan fingerprint density at radius 3 is 2.76 bits per heavy atom. The second-order valence-corrected chi connectivity index (χ2v) is 3.68. The first-order valence-electron chi connectivity index (χ1n) is 5.03. The Labute approximate surface area is 96.7 Å². The molecule has 0 aliphatic heterocycles. The molecule has 5 heteroatoms. The Balaban J connectivity index is 2.24. The van der Waals surface area contributed by atoms with Gasteiger partial charge in [0.15, 0.2) is 5.78 Å².